The van der Waals surface area contributed by atoms with Crippen molar-refractivity contribution in [1.82, 2.24) is 0 Å². The molecule has 0 saturated heterocycles. The van der Waals surface area contributed by atoms with E-state index in [4.69, 9.17) is 4.74 Å². The third kappa shape index (κ3) is 2.44. The van der Waals surface area contributed by atoms with Gasteiger partial charge in [0, 0.05) is 5.56 Å². The van der Waals surface area contributed by atoms with Crippen LogP contribution in [-0.2, 0) is 0 Å². The first-order valence-electron chi connectivity index (χ1n) is 4.02. The Kier molecular flexibility index (Phi) is 2.85. The van der Waals surface area contributed by atoms with Gasteiger partial charge in [-0.25, -0.2) is 0 Å². The van der Waals surface area contributed by atoms with Crippen LogP contribution in [0.1, 0.15) is 22.8 Å². The predicted molar refractivity (Wildman–Crippen MR) is 52.0 cm³/mol. The third-order valence-corrected chi connectivity index (χ3v) is 1.63. The van der Waals surface area contributed by atoms with Crippen molar-refractivity contribution in [3.63, 3.8) is 0 Å². The van der Waals surface area contributed by atoms with Crippen molar-refractivity contribution >= 4 is 6.29 Å². The SMILES string of the molecule is C=C(C)Oc1cc(C=O)ccc1C. The average Bonchev–Trinajstić information content (AvgIpc) is 2.08. The fraction of sp³-hybridized carbons (Fsp3) is 0.182. The number of hydrogen-bond donors (Lipinski definition) is 0. The summed E-state index contributed by atoms with van der Waals surface area (Å²) in [6.07, 6.45) is 0.796. The van der Waals surface area contributed by atoms with Crippen LogP contribution in [-0.4, -0.2) is 6.29 Å². The van der Waals surface area contributed by atoms with Gasteiger partial charge in [0.1, 0.15) is 12.0 Å². The molecule has 1 aromatic rings. The standard InChI is InChI=1S/C11H12O2/c1-8(2)13-11-6-10(7-12)5-4-9(11)3/h4-7H,1H2,2-3H3. The molecule has 0 aromatic heterocycles. The van der Waals surface area contributed by atoms with Crippen LogP contribution in [0.25, 0.3) is 0 Å². The molecule has 2 heteroatoms. The highest BCUT2D eigenvalue weighted by atomic mass is 16.5. The normalized spacial score (nSPS) is 9.38. The topological polar surface area (TPSA) is 26.3 Å². The largest absolute Gasteiger partial charge is 0.462 e. The number of aldehydes is 1. The second-order valence-electron chi connectivity index (χ2n) is 2.95. The summed E-state index contributed by atoms with van der Waals surface area (Å²) >= 11 is 0. The molecule has 0 aliphatic carbocycles. The van der Waals surface area contributed by atoms with Gasteiger partial charge < -0.3 is 4.74 Å². The van der Waals surface area contributed by atoms with E-state index in [2.05, 4.69) is 6.58 Å². The molecular weight excluding hydrogens is 164 g/mol. The first-order chi connectivity index (χ1) is 6.13. The molecule has 0 radical (unpaired) electrons. The van der Waals surface area contributed by atoms with Crippen molar-refractivity contribution in [2.45, 2.75) is 13.8 Å². The molecule has 0 atom stereocenters. The van der Waals surface area contributed by atoms with Crippen molar-refractivity contribution in [3.8, 4) is 5.75 Å². The van der Waals surface area contributed by atoms with Crippen molar-refractivity contribution < 1.29 is 9.53 Å². The van der Waals surface area contributed by atoms with Gasteiger partial charge in [0.25, 0.3) is 0 Å². The van der Waals surface area contributed by atoms with Gasteiger partial charge in [-0.3, -0.25) is 4.79 Å². The van der Waals surface area contributed by atoms with E-state index in [1.165, 1.54) is 0 Å². The van der Waals surface area contributed by atoms with E-state index < -0.39 is 0 Å². The minimum atomic E-state index is 0.613. The smallest absolute Gasteiger partial charge is 0.150 e. The van der Waals surface area contributed by atoms with Crippen LogP contribution in [0.15, 0.2) is 30.5 Å². The summed E-state index contributed by atoms with van der Waals surface area (Å²) in [6, 6.07) is 5.31. The number of carbonyl (C=O) groups is 1. The van der Waals surface area contributed by atoms with E-state index in [-0.39, 0.29) is 0 Å². The summed E-state index contributed by atoms with van der Waals surface area (Å²) < 4.78 is 5.33. The minimum Gasteiger partial charge on any atom is -0.462 e. The Morgan fingerprint density at radius 1 is 1.54 bits per heavy atom. The number of hydrogen-bond acceptors (Lipinski definition) is 2. The molecule has 0 amide bonds. The summed E-state index contributed by atoms with van der Waals surface area (Å²) in [5, 5.41) is 0. The van der Waals surface area contributed by atoms with Crippen LogP contribution in [0, 0.1) is 6.92 Å². The second-order valence-corrected chi connectivity index (χ2v) is 2.95. The molecule has 0 aliphatic heterocycles. The van der Waals surface area contributed by atoms with Gasteiger partial charge in [0.2, 0.25) is 0 Å². The van der Waals surface area contributed by atoms with Crippen molar-refractivity contribution in [2.24, 2.45) is 0 Å². The second kappa shape index (κ2) is 3.90. The predicted octanol–water partition coefficient (Wildman–Crippen LogP) is 2.72. The van der Waals surface area contributed by atoms with Gasteiger partial charge in [-0.1, -0.05) is 18.7 Å². The Morgan fingerprint density at radius 3 is 2.77 bits per heavy atom. The number of ether oxygens (including phenoxy) is 1. The van der Waals surface area contributed by atoms with Crippen LogP contribution in [0.3, 0.4) is 0 Å². The van der Waals surface area contributed by atoms with Crippen LogP contribution in [0.4, 0.5) is 0 Å². The lowest BCUT2D eigenvalue weighted by atomic mass is 10.1. The average molecular weight is 176 g/mol. The molecule has 0 heterocycles. The quantitative estimate of drug-likeness (QED) is 0.523. The first-order valence-corrected chi connectivity index (χ1v) is 4.02. The lowest BCUT2D eigenvalue weighted by molar-refractivity contribution is 0.112. The first kappa shape index (κ1) is 9.52. The monoisotopic (exact) mass is 176 g/mol. The molecule has 0 unspecified atom stereocenters. The highest BCUT2D eigenvalue weighted by Gasteiger charge is 2.00. The molecular formula is C11H12O2. The maximum absolute atomic E-state index is 10.5. The Hall–Kier alpha value is -1.57. The summed E-state index contributed by atoms with van der Waals surface area (Å²) in [6.45, 7) is 7.33. The Morgan fingerprint density at radius 2 is 2.23 bits per heavy atom. The van der Waals surface area contributed by atoms with Crippen molar-refractivity contribution in [1.29, 1.82) is 0 Å². The zero-order valence-corrected chi connectivity index (χ0v) is 7.83. The number of allylic oxidation sites excluding steroid dienone is 1. The van der Waals surface area contributed by atoms with Gasteiger partial charge >= 0.3 is 0 Å². The molecule has 0 bridgehead atoms. The summed E-state index contributed by atoms with van der Waals surface area (Å²) in [4.78, 5) is 10.5. The molecule has 0 saturated carbocycles. The van der Waals surface area contributed by atoms with Gasteiger partial charge in [0.05, 0.1) is 5.76 Å². The molecule has 0 fully saturated rings. The molecule has 1 aromatic carbocycles. The van der Waals surface area contributed by atoms with Crippen LogP contribution in [0.5, 0.6) is 5.75 Å². The Balaban J connectivity index is 3.03. The number of benzene rings is 1. The van der Waals surface area contributed by atoms with E-state index in [9.17, 15) is 4.79 Å². The molecule has 13 heavy (non-hydrogen) atoms. The van der Waals surface area contributed by atoms with Crippen LogP contribution < -0.4 is 4.74 Å². The summed E-state index contributed by atoms with van der Waals surface area (Å²) in [5.74, 6) is 1.31. The van der Waals surface area contributed by atoms with E-state index >= 15 is 0 Å². The van der Waals surface area contributed by atoms with E-state index in [1.54, 1.807) is 19.1 Å². The molecule has 2 nitrogen and oxygen atoms in total. The zero-order valence-electron chi connectivity index (χ0n) is 7.83. The van der Waals surface area contributed by atoms with E-state index in [0.717, 1.165) is 11.8 Å². The van der Waals surface area contributed by atoms with E-state index in [1.807, 2.05) is 13.0 Å². The lowest BCUT2D eigenvalue weighted by Crippen LogP contribution is -1.92. The fourth-order valence-corrected chi connectivity index (χ4v) is 0.988. The Labute approximate surface area is 77.8 Å². The fourth-order valence-electron chi connectivity index (χ4n) is 0.988. The number of carbonyl (C=O) groups excluding carboxylic acids is 1. The minimum absolute atomic E-state index is 0.613. The van der Waals surface area contributed by atoms with Crippen molar-refractivity contribution in [3.05, 3.63) is 41.7 Å². The van der Waals surface area contributed by atoms with Gasteiger partial charge in [-0.05, 0) is 25.5 Å². The molecule has 68 valence electrons. The van der Waals surface area contributed by atoms with Gasteiger partial charge in [-0.15, -0.1) is 0 Å². The summed E-state index contributed by atoms with van der Waals surface area (Å²) in [5.41, 5.74) is 1.61. The lowest BCUT2D eigenvalue weighted by Gasteiger charge is -2.07. The Bertz CT molecular complexity index is 340. The zero-order chi connectivity index (χ0) is 9.84. The maximum Gasteiger partial charge on any atom is 0.150 e. The highest BCUT2D eigenvalue weighted by Crippen LogP contribution is 2.20. The van der Waals surface area contributed by atoms with Crippen molar-refractivity contribution in [2.75, 3.05) is 0 Å². The molecule has 0 N–H and O–H groups in total. The number of aryl methyl sites for hydroxylation is 1. The molecule has 0 aliphatic rings. The van der Waals surface area contributed by atoms with Crippen LogP contribution in [0.2, 0.25) is 0 Å². The van der Waals surface area contributed by atoms with Gasteiger partial charge in [-0.2, -0.15) is 0 Å². The van der Waals surface area contributed by atoms with Crippen LogP contribution >= 0.6 is 0 Å². The molecule has 0 spiro atoms. The van der Waals surface area contributed by atoms with E-state index in [0.29, 0.717) is 17.1 Å². The molecule has 1 rings (SSSR count). The summed E-state index contributed by atoms with van der Waals surface area (Å²) in [7, 11) is 0. The van der Waals surface area contributed by atoms with Gasteiger partial charge in [0.15, 0.2) is 0 Å². The number of rotatable bonds is 3. The maximum atomic E-state index is 10.5. The third-order valence-electron chi connectivity index (χ3n) is 1.63. The highest BCUT2D eigenvalue weighted by molar-refractivity contribution is 5.75.